The number of rotatable bonds is 8. The number of nitrogens with one attached hydrogen (secondary N) is 1. The third-order valence-corrected chi connectivity index (χ3v) is 4.57. The standard InChI is InChI=1S/C16H21NO6S/c1-3-21-13-7-10(15-17-11(9-24-15)16(19)20)5-6-12(13)23-8-14(18)22-4-2/h5-7,11,15,17H,3-4,8-9H2,1-2H3,(H,19,20)/t11-,15+/m1/s1. The maximum absolute atomic E-state index is 11.4. The minimum Gasteiger partial charge on any atom is -0.490 e. The van der Waals surface area contributed by atoms with Gasteiger partial charge in [-0.05, 0) is 31.5 Å². The number of ether oxygens (including phenoxy) is 3. The van der Waals surface area contributed by atoms with Crippen molar-refractivity contribution >= 4 is 23.7 Å². The molecule has 1 saturated heterocycles. The van der Waals surface area contributed by atoms with Gasteiger partial charge in [0.1, 0.15) is 6.04 Å². The van der Waals surface area contributed by atoms with Gasteiger partial charge in [0.05, 0.1) is 18.6 Å². The smallest absolute Gasteiger partial charge is 0.344 e. The molecule has 7 nitrogen and oxygen atoms in total. The summed E-state index contributed by atoms with van der Waals surface area (Å²) in [6.07, 6.45) is 0. The molecule has 2 atom stereocenters. The van der Waals surface area contributed by atoms with Gasteiger partial charge in [-0.1, -0.05) is 6.07 Å². The van der Waals surface area contributed by atoms with Crippen molar-refractivity contribution in [2.75, 3.05) is 25.6 Å². The number of carbonyl (C=O) groups is 2. The third kappa shape index (κ3) is 4.78. The average Bonchev–Trinajstić information content (AvgIpc) is 3.04. The van der Waals surface area contributed by atoms with Gasteiger partial charge < -0.3 is 19.3 Å². The molecule has 1 fully saturated rings. The number of esters is 1. The lowest BCUT2D eigenvalue weighted by atomic mass is 10.2. The molecule has 1 aliphatic heterocycles. The first-order chi connectivity index (χ1) is 11.5. The topological polar surface area (TPSA) is 94.1 Å². The van der Waals surface area contributed by atoms with E-state index < -0.39 is 18.0 Å². The maximum atomic E-state index is 11.4. The van der Waals surface area contributed by atoms with Crippen LogP contribution in [0, 0.1) is 0 Å². The molecule has 1 aromatic carbocycles. The largest absolute Gasteiger partial charge is 0.490 e. The number of hydrogen-bond donors (Lipinski definition) is 2. The summed E-state index contributed by atoms with van der Waals surface area (Å²) >= 11 is 1.53. The predicted molar refractivity (Wildman–Crippen MR) is 89.5 cm³/mol. The Kier molecular flexibility index (Phi) is 6.74. The number of carboxylic acids is 1. The Morgan fingerprint density at radius 3 is 2.67 bits per heavy atom. The summed E-state index contributed by atoms with van der Waals surface area (Å²) in [5.74, 6) is 0.170. The molecular formula is C16H21NO6S. The van der Waals surface area contributed by atoms with Crippen molar-refractivity contribution in [1.82, 2.24) is 5.32 Å². The van der Waals surface area contributed by atoms with Crippen molar-refractivity contribution in [2.45, 2.75) is 25.3 Å². The highest BCUT2D eigenvalue weighted by molar-refractivity contribution is 7.99. The zero-order valence-electron chi connectivity index (χ0n) is 13.6. The Bertz CT molecular complexity index is 594. The normalized spacial score (nSPS) is 19.8. The maximum Gasteiger partial charge on any atom is 0.344 e. The Balaban J connectivity index is 2.08. The summed E-state index contributed by atoms with van der Waals surface area (Å²) in [5, 5.41) is 12.0. The van der Waals surface area contributed by atoms with Crippen LogP contribution in [0.2, 0.25) is 0 Å². The summed E-state index contributed by atoms with van der Waals surface area (Å²) in [7, 11) is 0. The molecule has 8 heteroatoms. The van der Waals surface area contributed by atoms with Gasteiger partial charge >= 0.3 is 11.9 Å². The van der Waals surface area contributed by atoms with Crippen molar-refractivity contribution in [3.05, 3.63) is 23.8 Å². The number of carboxylic acid groups (broad SMARTS) is 1. The van der Waals surface area contributed by atoms with E-state index in [0.29, 0.717) is 30.5 Å². The summed E-state index contributed by atoms with van der Waals surface area (Å²) in [6, 6.07) is 4.79. The van der Waals surface area contributed by atoms with E-state index in [9.17, 15) is 9.59 Å². The Morgan fingerprint density at radius 2 is 2.04 bits per heavy atom. The van der Waals surface area contributed by atoms with Crippen LogP contribution < -0.4 is 14.8 Å². The fraction of sp³-hybridized carbons (Fsp3) is 0.500. The van der Waals surface area contributed by atoms with Gasteiger partial charge in [0.15, 0.2) is 18.1 Å². The summed E-state index contributed by atoms with van der Waals surface area (Å²) in [4.78, 5) is 22.4. The molecule has 132 valence electrons. The van der Waals surface area contributed by atoms with Crippen LogP contribution in [0.1, 0.15) is 24.8 Å². The van der Waals surface area contributed by atoms with Crippen LogP contribution in [0.4, 0.5) is 0 Å². The Morgan fingerprint density at radius 1 is 1.25 bits per heavy atom. The van der Waals surface area contributed by atoms with Crippen molar-refractivity contribution in [3.63, 3.8) is 0 Å². The molecule has 2 rings (SSSR count). The second-order valence-electron chi connectivity index (χ2n) is 5.00. The first kappa shape index (κ1) is 18.4. The van der Waals surface area contributed by atoms with E-state index in [1.54, 1.807) is 19.1 Å². The van der Waals surface area contributed by atoms with E-state index >= 15 is 0 Å². The second kappa shape index (κ2) is 8.79. The van der Waals surface area contributed by atoms with Crippen molar-refractivity contribution < 1.29 is 28.9 Å². The van der Waals surface area contributed by atoms with Crippen molar-refractivity contribution in [3.8, 4) is 11.5 Å². The fourth-order valence-electron chi connectivity index (χ4n) is 2.22. The van der Waals surface area contributed by atoms with Crippen molar-refractivity contribution in [2.24, 2.45) is 0 Å². The molecule has 0 aromatic heterocycles. The van der Waals surface area contributed by atoms with Gasteiger partial charge in [-0.25, -0.2) is 4.79 Å². The monoisotopic (exact) mass is 355 g/mol. The summed E-state index contributed by atoms with van der Waals surface area (Å²) in [5.41, 5.74) is 0.899. The summed E-state index contributed by atoms with van der Waals surface area (Å²) in [6.45, 7) is 4.14. The molecule has 0 saturated carbocycles. The molecule has 1 heterocycles. The zero-order valence-corrected chi connectivity index (χ0v) is 14.4. The van der Waals surface area contributed by atoms with Gasteiger partial charge in [-0.3, -0.25) is 10.1 Å². The van der Waals surface area contributed by atoms with E-state index in [0.717, 1.165) is 5.56 Å². The molecule has 0 amide bonds. The lowest BCUT2D eigenvalue weighted by molar-refractivity contribution is -0.145. The molecule has 1 aliphatic rings. The predicted octanol–water partition coefficient (Wildman–Crippen LogP) is 1.82. The number of thioether (sulfide) groups is 1. The van der Waals surface area contributed by atoms with Gasteiger partial charge in [0, 0.05) is 5.75 Å². The lowest BCUT2D eigenvalue weighted by Gasteiger charge is -2.16. The quantitative estimate of drug-likeness (QED) is 0.682. The van der Waals surface area contributed by atoms with Crippen LogP contribution >= 0.6 is 11.8 Å². The van der Waals surface area contributed by atoms with Crippen molar-refractivity contribution in [1.29, 1.82) is 0 Å². The number of hydrogen-bond acceptors (Lipinski definition) is 7. The van der Waals surface area contributed by atoms with E-state index in [4.69, 9.17) is 19.3 Å². The highest BCUT2D eigenvalue weighted by Crippen LogP contribution is 2.37. The van der Waals surface area contributed by atoms with E-state index in [2.05, 4.69) is 5.32 Å². The molecule has 0 unspecified atom stereocenters. The minimum atomic E-state index is -0.857. The second-order valence-corrected chi connectivity index (χ2v) is 6.14. The van der Waals surface area contributed by atoms with Gasteiger partial charge in [0.2, 0.25) is 0 Å². The highest BCUT2D eigenvalue weighted by Gasteiger charge is 2.30. The van der Waals surface area contributed by atoms with E-state index in [1.807, 2.05) is 13.0 Å². The zero-order chi connectivity index (χ0) is 17.5. The molecule has 2 N–H and O–H groups in total. The average molecular weight is 355 g/mol. The Labute approximate surface area is 144 Å². The van der Waals surface area contributed by atoms with Crippen LogP contribution in [0.25, 0.3) is 0 Å². The molecular weight excluding hydrogens is 334 g/mol. The number of benzene rings is 1. The molecule has 0 spiro atoms. The van der Waals surface area contributed by atoms with Crippen LogP contribution in [0.5, 0.6) is 11.5 Å². The number of carbonyl (C=O) groups excluding carboxylic acids is 1. The SMILES string of the molecule is CCOC(=O)COc1ccc([C@H]2N[C@@H](C(=O)O)CS2)cc1OCC. The van der Waals surface area contributed by atoms with Gasteiger partial charge in [-0.2, -0.15) is 0 Å². The van der Waals surface area contributed by atoms with Crippen LogP contribution in [-0.2, 0) is 14.3 Å². The summed E-state index contributed by atoms with van der Waals surface area (Å²) < 4.78 is 15.9. The molecule has 0 radical (unpaired) electrons. The molecule has 24 heavy (non-hydrogen) atoms. The number of aliphatic carboxylic acids is 1. The molecule has 0 bridgehead atoms. The first-order valence-corrected chi connectivity index (χ1v) is 8.75. The molecule has 0 aliphatic carbocycles. The van der Waals surface area contributed by atoms with Gasteiger partial charge in [-0.15, -0.1) is 11.8 Å². The van der Waals surface area contributed by atoms with Gasteiger partial charge in [0.25, 0.3) is 0 Å². The highest BCUT2D eigenvalue weighted by atomic mass is 32.2. The van der Waals surface area contributed by atoms with Crippen LogP contribution in [-0.4, -0.2) is 48.7 Å². The van der Waals surface area contributed by atoms with E-state index in [1.165, 1.54) is 11.8 Å². The van der Waals surface area contributed by atoms with Crippen LogP contribution in [0.15, 0.2) is 18.2 Å². The Hall–Kier alpha value is -1.93. The lowest BCUT2D eigenvalue weighted by Crippen LogP contribution is -2.33. The minimum absolute atomic E-state index is 0.121. The van der Waals surface area contributed by atoms with E-state index in [-0.39, 0.29) is 12.0 Å². The first-order valence-electron chi connectivity index (χ1n) is 7.70. The third-order valence-electron chi connectivity index (χ3n) is 3.30. The van der Waals surface area contributed by atoms with Crippen LogP contribution in [0.3, 0.4) is 0 Å². The molecule has 1 aromatic rings. The fourth-order valence-corrected chi connectivity index (χ4v) is 3.44.